The molecular formula is C47H93NO4. The van der Waals surface area contributed by atoms with Crippen LogP contribution in [0.25, 0.3) is 0 Å². The highest BCUT2D eigenvalue weighted by atomic mass is 16.5. The highest BCUT2D eigenvalue weighted by Crippen LogP contribution is 2.25. The molecule has 310 valence electrons. The van der Waals surface area contributed by atoms with E-state index in [2.05, 4.69) is 25.7 Å². The average molecular weight is 736 g/mol. The second kappa shape index (κ2) is 41.1. The third kappa shape index (κ3) is 38.6. The Balaban J connectivity index is 4.65. The van der Waals surface area contributed by atoms with E-state index in [9.17, 15) is 9.59 Å². The fourth-order valence-corrected chi connectivity index (χ4v) is 7.53. The van der Waals surface area contributed by atoms with Gasteiger partial charge < -0.3 is 14.4 Å². The van der Waals surface area contributed by atoms with Crippen molar-refractivity contribution in [1.29, 1.82) is 0 Å². The molecule has 0 fully saturated rings. The molecule has 2 atom stereocenters. The van der Waals surface area contributed by atoms with Gasteiger partial charge in [0.15, 0.2) is 0 Å². The second-order valence-corrected chi connectivity index (χ2v) is 16.7. The Morgan fingerprint density at radius 3 is 1.29 bits per heavy atom. The standard InChI is InChI=1S/C47H93NO4/c1-6-9-12-15-17-19-21-22-23-25-27-30-33-42-51-47(50)43-44(36-31-29-26-24-20-18-16-13-10-7-2)37-34-39-45(38-32-28-14-11-8-3)52-46(49)40-35-41-48(4)5/h44-45H,6-43H2,1-5H3. The Hall–Kier alpha value is -1.10. The van der Waals surface area contributed by atoms with Crippen molar-refractivity contribution in [3.63, 3.8) is 0 Å². The summed E-state index contributed by atoms with van der Waals surface area (Å²) in [5.41, 5.74) is 0. The van der Waals surface area contributed by atoms with Crippen LogP contribution in [0.4, 0.5) is 0 Å². The molecule has 0 radical (unpaired) electrons. The SMILES string of the molecule is CCCCCCCCCCCCCCCOC(=O)CC(CCCCCCCCCCCC)CCCC(CCCCCCC)OC(=O)CCCN(C)C. The van der Waals surface area contributed by atoms with E-state index in [1.165, 1.54) is 167 Å². The number of esters is 2. The van der Waals surface area contributed by atoms with Gasteiger partial charge in [0.2, 0.25) is 0 Å². The average Bonchev–Trinajstić information content (AvgIpc) is 3.12. The molecule has 0 aliphatic rings. The van der Waals surface area contributed by atoms with Gasteiger partial charge in [-0.3, -0.25) is 9.59 Å². The Morgan fingerprint density at radius 2 is 0.827 bits per heavy atom. The number of carbonyl (C=O) groups excluding carboxylic acids is 2. The molecule has 52 heavy (non-hydrogen) atoms. The molecule has 0 N–H and O–H groups in total. The summed E-state index contributed by atoms with van der Waals surface area (Å²) >= 11 is 0. The minimum Gasteiger partial charge on any atom is -0.466 e. The van der Waals surface area contributed by atoms with Crippen molar-refractivity contribution in [2.75, 3.05) is 27.2 Å². The second-order valence-electron chi connectivity index (χ2n) is 16.7. The molecule has 2 unspecified atom stereocenters. The van der Waals surface area contributed by atoms with E-state index in [1.54, 1.807) is 0 Å². The highest BCUT2D eigenvalue weighted by Gasteiger charge is 2.19. The van der Waals surface area contributed by atoms with Gasteiger partial charge in [0.25, 0.3) is 0 Å². The zero-order valence-corrected chi connectivity index (χ0v) is 36.1. The van der Waals surface area contributed by atoms with Crippen LogP contribution in [-0.4, -0.2) is 50.2 Å². The first-order valence-electron chi connectivity index (χ1n) is 23.4. The van der Waals surface area contributed by atoms with Crippen LogP contribution in [0.5, 0.6) is 0 Å². The van der Waals surface area contributed by atoms with E-state index in [0.717, 1.165) is 57.9 Å². The third-order valence-corrected chi connectivity index (χ3v) is 11.0. The molecule has 0 saturated heterocycles. The molecule has 0 amide bonds. The topological polar surface area (TPSA) is 55.8 Å². The molecule has 0 bridgehead atoms. The van der Waals surface area contributed by atoms with E-state index in [0.29, 0.717) is 25.4 Å². The molecule has 0 rings (SSSR count). The maximum Gasteiger partial charge on any atom is 0.306 e. The lowest BCUT2D eigenvalue weighted by atomic mass is 9.91. The maximum absolute atomic E-state index is 13.0. The monoisotopic (exact) mass is 736 g/mol. The van der Waals surface area contributed by atoms with Gasteiger partial charge >= 0.3 is 11.9 Å². The predicted molar refractivity (Wildman–Crippen MR) is 226 cm³/mol. The van der Waals surface area contributed by atoms with E-state index >= 15 is 0 Å². The van der Waals surface area contributed by atoms with Crippen LogP contribution in [0.15, 0.2) is 0 Å². The molecule has 0 aliphatic carbocycles. The first-order valence-corrected chi connectivity index (χ1v) is 23.4. The van der Waals surface area contributed by atoms with Gasteiger partial charge in [0.1, 0.15) is 6.10 Å². The number of nitrogens with zero attached hydrogens (tertiary/aromatic N) is 1. The quantitative estimate of drug-likeness (QED) is 0.0461. The molecule has 0 aromatic rings. The molecule has 0 aliphatic heterocycles. The molecular weight excluding hydrogens is 643 g/mol. The van der Waals surface area contributed by atoms with E-state index in [1.807, 2.05) is 14.1 Å². The van der Waals surface area contributed by atoms with Crippen molar-refractivity contribution in [2.45, 2.75) is 258 Å². The first-order chi connectivity index (χ1) is 25.4. The lowest BCUT2D eigenvalue weighted by Crippen LogP contribution is -2.21. The number of unbranched alkanes of at least 4 members (excludes halogenated alkanes) is 25. The van der Waals surface area contributed by atoms with Crippen molar-refractivity contribution in [3.05, 3.63) is 0 Å². The largest absolute Gasteiger partial charge is 0.466 e. The minimum atomic E-state index is -0.0425. The zero-order valence-electron chi connectivity index (χ0n) is 36.1. The smallest absolute Gasteiger partial charge is 0.306 e. The number of hydrogen-bond donors (Lipinski definition) is 0. The Labute approximate surface area is 326 Å². The number of rotatable bonds is 42. The first kappa shape index (κ1) is 50.9. The summed E-state index contributed by atoms with van der Waals surface area (Å²) in [6.45, 7) is 8.30. The summed E-state index contributed by atoms with van der Waals surface area (Å²) in [6.07, 6.45) is 43.6. The fourth-order valence-electron chi connectivity index (χ4n) is 7.53. The number of hydrogen-bond acceptors (Lipinski definition) is 5. The van der Waals surface area contributed by atoms with Crippen LogP contribution in [0.2, 0.25) is 0 Å². The highest BCUT2D eigenvalue weighted by molar-refractivity contribution is 5.70. The van der Waals surface area contributed by atoms with E-state index in [-0.39, 0.29) is 18.0 Å². The summed E-state index contributed by atoms with van der Waals surface area (Å²) in [6, 6.07) is 0. The van der Waals surface area contributed by atoms with Crippen LogP contribution >= 0.6 is 0 Å². The summed E-state index contributed by atoms with van der Waals surface area (Å²) in [5, 5.41) is 0. The van der Waals surface area contributed by atoms with Crippen LogP contribution in [0, 0.1) is 5.92 Å². The van der Waals surface area contributed by atoms with Crippen molar-refractivity contribution >= 4 is 11.9 Å². The van der Waals surface area contributed by atoms with E-state index in [4.69, 9.17) is 9.47 Å². The molecule has 5 heteroatoms. The van der Waals surface area contributed by atoms with Gasteiger partial charge in [-0.15, -0.1) is 0 Å². The Bertz CT molecular complexity index is 741. The molecule has 5 nitrogen and oxygen atoms in total. The van der Waals surface area contributed by atoms with Crippen molar-refractivity contribution < 1.29 is 19.1 Å². The summed E-state index contributed by atoms with van der Waals surface area (Å²) in [7, 11) is 4.10. The normalized spacial score (nSPS) is 12.7. The number of ether oxygens (including phenoxy) is 2. The van der Waals surface area contributed by atoms with Crippen molar-refractivity contribution in [1.82, 2.24) is 4.90 Å². The molecule has 0 spiro atoms. The number of carbonyl (C=O) groups is 2. The van der Waals surface area contributed by atoms with Gasteiger partial charge in [-0.1, -0.05) is 188 Å². The third-order valence-electron chi connectivity index (χ3n) is 11.0. The Kier molecular flexibility index (Phi) is 40.2. The van der Waals surface area contributed by atoms with Gasteiger partial charge in [-0.05, 0) is 77.9 Å². The van der Waals surface area contributed by atoms with Gasteiger partial charge in [-0.2, -0.15) is 0 Å². The van der Waals surface area contributed by atoms with Gasteiger partial charge in [-0.25, -0.2) is 0 Å². The lowest BCUT2D eigenvalue weighted by Gasteiger charge is -2.21. The summed E-state index contributed by atoms with van der Waals surface area (Å²) in [4.78, 5) is 27.8. The summed E-state index contributed by atoms with van der Waals surface area (Å²) in [5.74, 6) is 0.323. The summed E-state index contributed by atoms with van der Waals surface area (Å²) < 4.78 is 11.8. The lowest BCUT2D eigenvalue weighted by molar-refractivity contribution is -0.150. The van der Waals surface area contributed by atoms with Gasteiger partial charge in [0, 0.05) is 12.8 Å². The Morgan fingerprint density at radius 1 is 0.442 bits per heavy atom. The van der Waals surface area contributed by atoms with E-state index < -0.39 is 0 Å². The van der Waals surface area contributed by atoms with Gasteiger partial charge in [0.05, 0.1) is 6.61 Å². The van der Waals surface area contributed by atoms with Crippen molar-refractivity contribution in [2.24, 2.45) is 5.92 Å². The minimum absolute atomic E-state index is 0.00388. The molecule has 0 saturated carbocycles. The molecule has 0 aromatic carbocycles. The van der Waals surface area contributed by atoms with Crippen LogP contribution in [-0.2, 0) is 19.1 Å². The zero-order chi connectivity index (χ0) is 38.2. The molecule has 0 aromatic heterocycles. The van der Waals surface area contributed by atoms with Crippen LogP contribution < -0.4 is 0 Å². The van der Waals surface area contributed by atoms with Crippen LogP contribution in [0.1, 0.15) is 252 Å². The fraction of sp³-hybridized carbons (Fsp3) is 0.957. The maximum atomic E-state index is 13.0. The van der Waals surface area contributed by atoms with Crippen molar-refractivity contribution in [3.8, 4) is 0 Å². The van der Waals surface area contributed by atoms with Crippen LogP contribution in [0.3, 0.4) is 0 Å². The predicted octanol–water partition coefficient (Wildman–Crippen LogP) is 14.7. The molecule has 0 heterocycles.